The Morgan fingerprint density at radius 1 is 1.08 bits per heavy atom. The zero-order valence-corrected chi connectivity index (χ0v) is 15.1. The monoisotopic (exact) mass is 397 g/mol. The fourth-order valence-corrected chi connectivity index (χ4v) is 3.69. The summed E-state index contributed by atoms with van der Waals surface area (Å²) in [6.07, 6.45) is 0. The highest BCUT2D eigenvalue weighted by atomic mass is 35.5. The minimum absolute atomic E-state index is 0.111. The first-order valence-corrected chi connectivity index (χ1v) is 9.63. The van der Waals surface area contributed by atoms with E-state index in [-0.39, 0.29) is 18.2 Å². The quantitative estimate of drug-likeness (QED) is 0.685. The Labute approximate surface area is 154 Å². The molecule has 0 fully saturated rings. The summed E-state index contributed by atoms with van der Waals surface area (Å²) in [5.41, 5.74) is 1.20. The predicted molar refractivity (Wildman–Crippen MR) is 95.7 cm³/mol. The summed E-state index contributed by atoms with van der Waals surface area (Å²) in [6, 6.07) is 13.7. The number of halogens is 2. The Bertz CT molecular complexity index is 990. The van der Waals surface area contributed by atoms with Crippen molar-refractivity contribution in [2.45, 2.75) is 12.3 Å². The average molecular weight is 398 g/mol. The van der Waals surface area contributed by atoms with E-state index in [1.54, 1.807) is 48.5 Å². The molecule has 0 amide bonds. The maximum absolute atomic E-state index is 12.2. The van der Waals surface area contributed by atoms with E-state index in [1.807, 2.05) is 0 Å². The molecule has 0 aliphatic carbocycles. The SMILES string of the molecule is O=S(=O)(Cc1ccccc1Cl)NCc1nc(-c2cccc(Cl)c2)no1. The Hall–Kier alpha value is -1.93. The minimum Gasteiger partial charge on any atom is -0.338 e. The Morgan fingerprint density at radius 3 is 2.64 bits per heavy atom. The summed E-state index contributed by atoms with van der Waals surface area (Å²) in [7, 11) is -3.60. The highest BCUT2D eigenvalue weighted by molar-refractivity contribution is 7.88. The van der Waals surface area contributed by atoms with E-state index in [2.05, 4.69) is 14.9 Å². The molecule has 9 heteroatoms. The molecule has 6 nitrogen and oxygen atoms in total. The second-order valence-electron chi connectivity index (χ2n) is 5.19. The molecule has 1 N–H and O–H groups in total. The topological polar surface area (TPSA) is 85.1 Å². The van der Waals surface area contributed by atoms with Gasteiger partial charge in [0.1, 0.15) is 0 Å². The molecule has 0 unspecified atom stereocenters. The van der Waals surface area contributed by atoms with Gasteiger partial charge < -0.3 is 4.52 Å². The zero-order chi connectivity index (χ0) is 17.9. The molecule has 3 rings (SSSR count). The van der Waals surface area contributed by atoms with Crippen LogP contribution in [0.25, 0.3) is 11.4 Å². The van der Waals surface area contributed by atoms with Crippen LogP contribution < -0.4 is 4.72 Å². The second-order valence-corrected chi connectivity index (χ2v) is 7.84. The van der Waals surface area contributed by atoms with E-state index in [0.29, 0.717) is 27.0 Å². The van der Waals surface area contributed by atoms with Crippen LogP contribution in [0.4, 0.5) is 0 Å². The summed E-state index contributed by atoms with van der Waals surface area (Å²) in [6.45, 7) is -0.111. The van der Waals surface area contributed by atoms with Crippen molar-refractivity contribution in [3.8, 4) is 11.4 Å². The van der Waals surface area contributed by atoms with Gasteiger partial charge in [0.05, 0.1) is 12.3 Å². The van der Waals surface area contributed by atoms with E-state index >= 15 is 0 Å². The number of aromatic nitrogens is 2. The number of sulfonamides is 1. The molecule has 2 aromatic carbocycles. The van der Waals surface area contributed by atoms with Gasteiger partial charge in [0.15, 0.2) is 0 Å². The number of hydrogen-bond acceptors (Lipinski definition) is 5. The van der Waals surface area contributed by atoms with Gasteiger partial charge in [0.25, 0.3) is 0 Å². The van der Waals surface area contributed by atoms with Crippen LogP contribution in [0.1, 0.15) is 11.5 Å². The van der Waals surface area contributed by atoms with Crippen molar-refractivity contribution in [1.29, 1.82) is 0 Å². The van der Waals surface area contributed by atoms with Gasteiger partial charge in [-0.1, -0.05) is 58.7 Å². The first-order valence-electron chi connectivity index (χ1n) is 7.22. The maximum Gasteiger partial charge on any atom is 0.242 e. The lowest BCUT2D eigenvalue weighted by atomic mass is 10.2. The third kappa shape index (κ3) is 4.79. The lowest BCUT2D eigenvalue weighted by Crippen LogP contribution is -2.25. The van der Waals surface area contributed by atoms with Crippen molar-refractivity contribution < 1.29 is 12.9 Å². The van der Waals surface area contributed by atoms with Crippen molar-refractivity contribution in [3.63, 3.8) is 0 Å². The third-order valence-electron chi connectivity index (χ3n) is 3.30. The van der Waals surface area contributed by atoms with E-state index in [0.717, 1.165) is 0 Å². The number of rotatable bonds is 6. The molecular weight excluding hydrogens is 385 g/mol. The summed E-state index contributed by atoms with van der Waals surface area (Å²) in [4.78, 5) is 4.16. The van der Waals surface area contributed by atoms with Crippen LogP contribution in [0.2, 0.25) is 10.0 Å². The summed E-state index contributed by atoms with van der Waals surface area (Å²) in [5, 5.41) is 4.77. The lowest BCUT2D eigenvalue weighted by molar-refractivity contribution is 0.376. The van der Waals surface area contributed by atoms with Gasteiger partial charge >= 0.3 is 0 Å². The predicted octanol–water partition coefficient (Wildman–Crippen LogP) is 3.66. The van der Waals surface area contributed by atoms with Crippen LogP contribution in [-0.4, -0.2) is 18.6 Å². The Balaban J connectivity index is 1.66. The Kier molecular flexibility index (Phi) is 5.39. The first-order chi connectivity index (χ1) is 11.9. The molecule has 0 radical (unpaired) electrons. The molecule has 0 saturated heterocycles. The van der Waals surface area contributed by atoms with Crippen molar-refractivity contribution in [2.75, 3.05) is 0 Å². The van der Waals surface area contributed by atoms with Gasteiger partial charge in [0.2, 0.25) is 21.7 Å². The van der Waals surface area contributed by atoms with Crippen LogP contribution in [-0.2, 0) is 22.3 Å². The van der Waals surface area contributed by atoms with Crippen molar-refractivity contribution >= 4 is 33.2 Å². The van der Waals surface area contributed by atoms with Gasteiger partial charge in [-0.3, -0.25) is 0 Å². The van der Waals surface area contributed by atoms with Crippen LogP contribution in [0.3, 0.4) is 0 Å². The molecule has 1 aromatic heterocycles. The smallest absolute Gasteiger partial charge is 0.242 e. The molecule has 0 bridgehead atoms. The molecule has 130 valence electrons. The summed E-state index contributed by atoms with van der Waals surface area (Å²) in [5.74, 6) is 0.252. The van der Waals surface area contributed by atoms with Gasteiger partial charge in [-0.25, -0.2) is 13.1 Å². The molecule has 1 heterocycles. The van der Waals surface area contributed by atoms with Gasteiger partial charge in [-0.05, 0) is 23.8 Å². The molecular formula is C16H13Cl2N3O3S. The normalized spacial score (nSPS) is 11.6. The summed E-state index contributed by atoms with van der Waals surface area (Å²) >= 11 is 11.9. The molecule has 3 aromatic rings. The third-order valence-corrected chi connectivity index (χ3v) is 5.18. The average Bonchev–Trinajstić information content (AvgIpc) is 3.04. The molecule has 0 aliphatic rings. The highest BCUT2D eigenvalue weighted by Crippen LogP contribution is 2.20. The fourth-order valence-electron chi connectivity index (χ4n) is 2.11. The molecule has 0 atom stereocenters. The van der Waals surface area contributed by atoms with Crippen LogP contribution in [0, 0.1) is 0 Å². The van der Waals surface area contributed by atoms with E-state index in [4.69, 9.17) is 27.7 Å². The van der Waals surface area contributed by atoms with Crippen LogP contribution in [0.5, 0.6) is 0 Å². The van der Waals surface area contributed by atoms with Gasteiger partial charge in [-0.15, -0.1) is 0 Å². The molecule has 0 aliphatic heterocycles. The minimum atomic E-state index is -3.60. The van der Waals surface area contributed by atoms with Crippen molar-refractivity contribution in [3.05, 3.63) is 70.0 Å². The zero-order valence-electron chi connectivity index (χ0n) is 12.8. The van der Waals surface area contributed by atoms with E-state index in [1.165, 1.54) is 0 Å². The van der Waals surface area contributed by atoms with Crippen LogP contribution >= 0.6 is 23.2 Å². The molecule has 0 spiro atoms. The number of nitrogens with zero attached hydrogens (tertiary/aromatic N) is 2. The number of benzene rings is 2. The molecule has 25 heavy (non-hydrogen) atoms. The molecule has 0 saturated carbocycles. The fraction of sp³-hybridized carbons (Fsp3) is 0.125. The number of nitrogens with one attached hydrogen (secondary N) is 1. The second kappa shape index (κ2) is 7.53. The van der Waals surface area contributed by atoms with E-state index in [9.17, 15) is 8.42 Å². The van der Waals surface area contributed by atoms with Crippen LogP contribution in [0.15, 0.2) is 53.1 Å². The van der Waals surface area contributed by atoms with Gasteiger partial charge in [-0.2, -0.15) is 4.98 Å². The standard InChI is InChI=1S/C16H13Cl2N3O3S/c17-13-6-3-5-11(8-13)16-20-15(24-21-16)9-19-25(22,23)10-12-4-1-2-7-14(12)18/h1-8,19H,9-10H2. The van der Waals surface area contributed by atoms with Crippen molar-refractivity contribution in [2.24, 2.45) is 0 Å². The highest BCUT2D eigenvalue weighted by Gasteiger charge is 2.16. The van der Waals surface area contributed by atoms with Gasteiger partial charge in [0, 0.05) is 15.6 Å². The van der Waals surface area contributed by atoms with Crippen molar-refractivity contribution in [1.82, 2.24) is 14.9 Å². The first kappa shape index (κ1) is 17.9. The Morgan fingerprint density at radius 2 is 1.88 bits per heavy atom. The van der Waals surface area contributed by atoms with E-state index < -0.39 is 10.0 Å². The maximum atomic E-state index is 12.2. The number of hydrogen-bond donors (Lipinski definition) is 1. The lowest BCUT2D eigenvalue weighted by Gasteiger charge is -2.06. The summed E-state index contributed by atoms with van der Waals surface area (Å²) < 4.78 is 31.8. The largest absolute Gasteiger partial charge is 0.338 e.